The summed E-state index contributed by atoms with van der Waals surface area (Å²) >= 11 is 0. The first-order valence-electron chi connectivity index (χ1n) is 12.3. The maximum atomic E-state index is 13.9. The molecule has 2 aliphatic rings. The van der Waals surface area contributed by atoms with Crippen LogP contribution in [0.4, 0.5) is 33.6 Å². The Bertz CT molecular complexity index is 1190. The van der Waals surface area contributed by atoms with E-state index in [4.69, 9.17) is 24.6 Å². The van der Waals surface area contributed by atoms with Crippen LogP contribution in [0.3, 0.4) is 0 Å². The van der Waals surface area contributed by atoms with Crippen molar-refractivity contribution in [3.8, 4) is 5.75 Å². The molecule has 9 nitrogen and oxygen atoms in total. The minimum atomic E-state index is -5.08. The summed E-state index contributed by atoms with van der Waals surface area (Å²) in [5.74, 6) is -2.43. The molecule has 0 saturated carbocycles. The summed E-state index contributed by atoms with van der Waals surface area (Å²) in [6.45, 7) is 8.15. The molecule has 3 heterocycles. The zero-order chi connectivity index (χ0) is 28.9. The first-order chi connectivity index (χ1) is 18.2. The van der Waals surface area contributed by atoms with Gasteiger partial charge in [-0.15, -0.1) is 0 Å². The number of hydrogen-bond donors (Lipinski definition) is 2. The van der Waals surface area contributed by atoms with Gasteiger partial charge in [0.2, 0.25) is 5.91 Å². The van der Waals surface area contributed by atoms with Crippen LogP contribution < -0.4 is 15.0 Å². The number of aromatic nitrogens is 2. The number of carboxylic acid groups (broad SMARTS) is 1. The molecule has 214 valence electrons. The Morgan fingerprint density at radius 3 is 2.28 bits per heavy atom. The van der Waals surface area contributed by atoms with Gasteiger partial charge < -0.3 is 25.0 Å². The smallest absolute Gasteiger partial charge is 0.487 e. The summed E-state index contributed by atoms with van der Waals surface area (Å²) in [5.41, 5.74) is 1.77. The Balaban J connectivity index is 0.000000532. The number of ether oxygens (including phenoxy) is 1. The number of amides is 1. The lowest BCUT2D eigenvalue weighted by molar-refractivity contribution is -0.192. The van der Waals surface area contributed by atoms with Gasteiger partial charge in [-0.1, -0.05) is 0 Å². The third-order valence-electron chi connectivity index (χ3n) is 6.03. The number of carbonyl (C=O) groups excluding carboxylic acids is 1. The first kappa shape index (κ1) is 29.8. The topological polar surface area (TPSA) is 108 Å². The highest BCUT2D eigenvalue weighted by molar-refractivity contribution is 5.74. The number of piperidine rings is 1. The molecule has 0 atom stereocenters. The van der Waals surface area contributed by atoms with E-state index in [1.54, 1.807) is 11.8 Å². The standard InChI is InChI=1S/C23H29F2N5O2.C2HF3O2/c1-14(2)26-22-23(28-20-13-30(15(3)31)11-8-19(20)27-22)29-9-6-17(7-10-29)32-21-5-4-16(24)12-18(21)25;3-2(4,5)1(6)7/h4-5,12,14,17H,6-11,13H2,1-3H3,(H,26,27);(H,6,7). The van der Waals surface area contributed by atoms with Crippen molar-refractivity contribution >= 4 is 23.5 Å². The molecule has 14 heteroatoms. The van der Waals surface area contributed by atoms with Crippen molar-refractivity contribution in [2.45, 2.75) is 64.9 Å². The third-order valence-corrected chi connectivity index (χ3v) is 6.03. The van der Waals surface area contributed by atoms with Crippen molar-refractivity contribution in [3.05, 3.63) is 41.2 Å². The number of nitrogens with one attached hydrogen (secondary N) is 1. The van der Waals surface area contributed by atoms with E-state index in [0.29, 0.717) is 45.4 Å². The van der Waals surface area contributed by atoms with E-state index in [1.165, 1.54) is 12.1 Å². The second kappa shape index (κ2) is 12.4. The van der Waals surface area contributed by atoms with Crippen LogP contribution in [0.1, 0.15) is 45.0 Å². The molecule has 0 unspecified atom stereocenters. The molecular formula is C25H30F5N5O4. The van der Waals surface area contributed by atoms with Gasteiger partial charge in [0.15, 0.2) is 23.2 Å². The van der Waals surface area contributed by atoms with Crippen LogP contribution in [0.2, 0.25) is 0 Å². The van der Waals surface area contributed by atoms with Gasteiger partial charge in [-0.3, -0.25) is 4.79 Å². The highest BCUT2D eigenvalue weighted by atomic mass is 19.4. The van der Waals surface area contributed by atoms with Crippen LogP contribution in [0.15, 0.2) is 18.2 Å². The van der Waals surface area contributed by atoms with Gasteiger partial charge in [0.25, 0.3) is 0 Å². The molecule has 1 saturated heterocycles. The van der Waals surface area contributed by atoms with Gasteiger partial charge in [0.1, 0.15) is 11.9 Å². The van der Waals surface area contributed by atoms with Crippen LogP contribution in [-0.2, 0) is 22.6 Å². The molecule has 1 amide bonds. The number of carbonyl (C=O) groups is 2. The van der Waals surface area contributed by atoms with E-state index in [0.717, 1.165) is 29.1 Å². The summed E-state index contributed by atoms with van der Waals surface area (Å²) in [4.78, 5) is 34.4. The number of alkyl halides is 3. The van der Waals surface area contributed by atoms with E-state index in [1.807, 2.05) is 0 Å². The van der Waals surface area contributed by atoms with Gasteiger partial charge in [-0.05, 0) is 26.0 Å². The fourth-order valence-electron chi connectivity index (χ4n) is 4.12. The Morgan fingerprint density at radius 2 is 1.74 bits per heavy atom. The Kier molecular flexibility index (Phi) is 9.51. The summed E-state index contributed by atoms with van der Waals surface area (Å²) < 4.78 is 64.6. The highest BCUT2D eigenvalue weighted by Gasteiger charge is 2.38. The van der Waals surface area contributed by atoms with E-state index >= 15 is 0 Å². The van der Waals surface area contributed by atoms with E-state index in [-0.39, 0.29) is 23.8 Å². The fourth-order valence-corrected chi connectivity index (χ4v) is 4.12. The second-order valence-electron chi connectivity index (χ2n) is 9.46. The third kappa shape index (κ3) is 8.14. The number of rotatable bonds is 5. The van der Waals surface area contributed by atoms with Crippen molar-refractivity contribution in [2.75, 3.05) is 29.9 Å². The molecule has 0 bridgehead atoms. The predicted molar refractivity (Wildman–Crippen MR) is 131 cm³/mol. The van der Waals surface area contributed by atoms with Crippen LogP contribution in [-0.4, -0.2) is 69.8 Å². The lowest BCUT2D eigenvalue weighted by atomic mass is 10.1. The average Bonchev–Trinajstić information content (AvgIpc) is 2.85. The minimum Gasteiger partial charge on any atom is -0.487 e. The van der Waals surface area contributed by atoms with Crippen LogP contribution >= 0.6 is 0 Å². The van der Waals surface area contributed by atoms with E-state index in [9.17, 15) is 26.7 Å². The number of nitrogens with zero attached hydrogens (tertiary/aromatic N) is 4. The van der Waals surface area contributed by atoms with Crippen LogP contribution in [0.25, 0.3) is 0 Å². The molecule has 0 spiro atoms. The molecule has 2 aliphatic heterocycles. The van der Waals surface area contributed by atoms with E-state index in [2.05, 4.69) is 24.1 Å². The molecule has 0 aliphatic carbocycles. The SMILES string of the molecule is CC(=O)N1CCc2nc(NC(C)C)c(N3CCC(Oc4ccc(F)cc4F)CC3)nc2C1.O=C(O)C(F)(F)F. The van der Waals surface area contributed by atoms with Crippen LogP contribution in [0, 0.1) is 11.6 Å². The van der Waals surface area contributed by atoms with Crippen molar-refractivity contribution in [3.63, 3.8) is 0 Å². The minimum absolute atomic E-state index is 0.0365. The maximum Gasteiger partial charge on any atom is 0.490 e. The van der Waals surface area contributed by atoms with Gasteiger partial charge in [-0.2, -0.15) is 13.2 Å². The number of halogens is 5. The highest BCUT2D eigenvalue weighted by Crippen LogP contribution is 2.30. The first-order valence-corrected chi connectivity index (χ1v) is 12.3. The monoisotopic (exact) mass is 559 g/mol. The number of fused-ring (bicyclic) bond motifs is 1. The quantitative estimate of drug-likeness (QED) is 0.526. The molecule has 4 rings (SSSR count). The summed E-state index contributed by atoms with van der Waals surface area (Å²) in [6, 6.07) is 3.56. The number of benzene rings is 1. The molecule has 39 heavy (non-hydrogen) atoms. The van der Waals surface area contributed by atoms with Gasteiger partial charge >= 0.3 is 12.1 Å². The molecule has 1 fully saturated rings. The number of aliphatic carboxylic acids is 1. The zero-order valence-corrected chi connectivity index (χ0v) is 21.7. The second-order valence-corrected chi connectivity index (χ2v) is 9.46. The maximum absolute atomic E-state index is 13.9. The zero-order valence-electron chi connectivity index (χ0n) is 21.7. The van der Waals surface area contributed by atoms with Crippen LogP contribution in [0.5, 0.6) is 5.75 Å². The Labute approximate surface area is 222 Å². The van der Waals surface area contributed by atoms with Crippen molar-refractivity contribution in [2.24, 2.45) is 0 Å². The number of hydrogen-bond acceptors (Lipinski definition) is 7. The molecule has 1 aromatic heterocycles. The normalized spacial score (nSPS) is 15.8. The lowest BCUT2D eigenvalue weighted by Crippen LogP contribution is -2.40. The van der Waals surface area contributed by atoms with Gasteiger partial charge in [0.05, 0.1) is 17.9 Å². The molecule has 0 radical (unpaired) electrons. The molecule has 1 aromatic carbocycles. The number of carboxylic acids is 1. The summed E-state index contributed by atoms with van der Waals surface area (Å²) in [6.07, 6.45) is -3.20. The van der Waals surface area contributed by atoms with Gasteiger partial charge in [-0.25, -0.2) is 23.5 Å². The van der Waals surface area contributed by atoms with Gasteiger partial charge in [0, 0.05) is 57.9 Å². The Hall–Kier alpha value is -3.71. The average molecular weight is 560 g/mol. The number of anilines is 2. The molecular weight excluding hydrogens is 529 g/mol. The fraction of sp³-hybridized carbons (Fsp3) is 0.520. The molecule has 2 aromatic rings. The van der Waals surface area contributed by atoms with Crippen molar-refractivity contribution < 1.29 is 41.4 Å². The molecule has 2 N–H and O–H groups in total. The summed E-state index contributed by atoms with van der Waals surface area (Å²) in [7, 11) is 0. The Morgan fingerprint density at radius 1 is 1.10 bits per heavy atom. The van der Waals surface area contributed by atoms with E-state index < -0.39 is 23.8 Å². The lowest BCUT2D eigenvalue weighted by Gasteiger charge is -2.35. The summed E-state index contributed by atoms with van der Waals surface area (Å²) in [5, 5.41) is 10.5. The largest absolute Gasteiger partial charge is 0.490 e. The van der Waals surface area contributed by atoms with Crippen molar-refractivity contribution in [1.82, 2.24) is 14.9 Å². The van der Waals surface area contributed by atoms with Crippen molar-refractivity contribution in [1.29, 1.82) is 0 Å². The predicted octanol–water partition coefficient (Wildman–Crippen LogP) is 4.16.